The van der Waals surface area contributed by atoms with Gasteiger partial charge in [0, 0.05) is 10.3 Å². The second-order valence-electron chi connectivity index (χ2n) is 8.07. The third-order valence-corrected chi connectivity index (χ3v) is 7.26. The number of aliphatic carboxylic acids is 1. The van der Waals surface area contributed by atoms with Crippen LogP contribution in [0, 0.1) is 0 Å². The Kier molecular flexibility index (Phi) is 4.21. The number of hydrogen-bond donors (Lipinski definition) is 1. The minimum absolute atomic E-state index is 0.222. The van der Waals surface area contributed by atoms with Gasteiger partial charge in [0.05, 0.1) is 6.20 Å². The van der Waals surface area contributed by atoms with Crippen LogP contribution >= 0.6 is 11.8 Å². The van der Waals surface area contributed by atoms with Gasteiger partial charge in [0.25, 0.3) is 5.91 Å². The quantitative estimate of drug-likeness (QED) is 0.652. The van der Waals surface area contributed by atoms with Gasteiger partial charge in [-0.25, -0.2) is 9.48 Å². The third-order valence-electron chi connectivity index (χ3n) is 5.71. The van der Waals surface area contributed by atoms with E-state index in [-0.39, 0.29) is 11.3 Å². The van der Waals surface area contributed by atoms with Crippen molar-refractivity contribution >= 4 is 23.6 Å². The summed E-state index contributed by atoms with van der Waals surface area (Å²) in [4.78, 5) is 26.0. The first-order chi connectivity index (χ1) is 14.4. The maximum absolute atomic E-state index is 12.8. The van der Waals surface area contributed by atoms with Crippen LogP contribution in [0.1, 0.15) is 19.9 Å². The SMILES string of the molecule is CC1(C)S[C@@H]2[C@H](n3cc(-c4cccc(-c5ccccc5)c4)nn3)C(=O)N2[C@H]1C(=O)O. The summed E-state index contributed by atoms with van der Waals surface area (Å²) in [6.45, 7) is 3.72. The average Bonchev–Trinajstić information content (AvgIpc) is 3.30. The fourth-order valence-electron chi connectivity index (χ4n) is 4.27. The maximum Gasteiger partial charge on any atom is 0.327 e. The lowest BCUT2D eigenvalue weighted by atomic mass is 9.96. The molecule has 1 amide bonds. The third kappa shape index (κ3) is 2.82. The fourth-order valence-corrected chi connectivity index (χ4v) is 5.94. The topological polar surface area (TPSA) is 88.3 Å². The van der Waals surface area contributed by atoms with E-state index in [1.165, 1.54) is 16.7 Å². The van der Waals surface area contributed by atoms with Crippen molar-refractivity contribution in [2.45, 2.75) is 36.1 Å². The lowest BCUT2D eigenvalue weighted by Crippen LogP contribution is -2.62. The van der Waals surface area contributed by atoms with Crippen LogP contribution in [0.4, 0.5) is 0 Å². The second-order valence-corrected chi connectivity index (χ2v) is 9.84. The van der Waals surface area contributed by atoms with Crippen molar-refractivity contribution in [2.75, 3.05) is 0 Å². The van der Waals surface area contributed by atoms with Crippen LogP contribution in [0.2, 0.25) is 0 Å². The van der Waals surface area contributed by atoms with Crippen molar-refractivity contribution in [3.05, 3.63) is 60.8 Å². The van der Waals surface area contributed by atoms with Crippen molar-refractivity contribution < 1.29 is 14.7 Å². The van der Waals surface area contributed by atoms with Crippen molar-refractivity contribution in [1.29, 1.82) is 0 Å². The number of carboxylic acid groups (broad SMARTS) is 1. The summed E-state index contributed by atoms with van der Waals surface area (Å²) in [5, 5.41) is 17.8. The summed E-state index contributed by atoms with van der Waals surface area (Å²) in [7, 11) is 0. The summed E-state index contributed by atoms with van der Waals surface area (Å²) >= 11 is 1.50. The van der Waals surface area contributed by atoms with Gasteiger partial charge in [0.1, 0.15) is 17.1 Å². The highest BCUT2D eigenvalue weighted by molar-refractivity contribution is 8.01. The van der Waals surface area contributed by atoms with Crippen LogP contribution in [0.3, 0.4) is 0 Å². The molecule has 30 heavy (non-hydrogen) atoms. The first-order valence-electron chi connectivity index (χ1n) is 9.67. The van der Waals surface area contributed by atoms with Gasteiger partial charge < -0.3 is 10.0 Å². The number of carbonyl (C=O) groups excluding carboxylic acids is 1. The van der Waals surface area contributed by atoms with E-state index >= 15 is 0 Å². The zero-order valence-electron chi connectivity index (χ0n) is 16.5. The zero-order chi connectivity index (χ0) is 21.0. The summed E-state index contributed by atoms with van der Waals surface area (Å²) in [5.41, 5.74) is 3.77. The molecule has 5 rings (SSSR count). The van der Waals surface area contributed by atoms with Gasteiger partial charge in [0.2, 0.25) is 0 Å². The van der Waals surface area contributed by atoms with Gasteiger partial charge in [-0.1, -0.05) is 53.7 Å². The van der Waals surface area contributed by atoms with Crippen LogP contribution in [0.25, 0.3) is 22.4 Å². The standard InChI is InChI=1S/C22H20N4O3S/c1-22(2)18(21(28)29)26-19(27)17(20(26)30-22)25-12-16(23-24-25)15-10-6-9-14(11-15)13-7-4-3-5-8-13/h3-12,17-18,20H,1-2H3,(H,28,29)/t17-,18+,20-/m1/s1. The van der Waals surface area contributed by atoms with E-state index in [1.54, 1.807) is 10.9 Å². The molecule has 0 unspecified atom stereocenters. The number of fused-ring (bicyclic) bond motifs is 1. The Labute approximate surface area is 177 Å². The van der Waals surface area contributed by atoms with Crippen LogP contribution in [-0.4, -0.2) is 53.0 Å². The Balaban J connectivity index is 1.43. The van der Waals surface area contributed by atoms with Gasteiger partial charge in [-0.05, 0) is 31.0 Å². The summed E-state index contributed by atoms with van der Waals surface area (Å²) < 4.78 is 1.01. The molecule has 3 aromatic rings. The van der Waals surface area contributed by atoms with Gasteiger partial charge in [-0.2, -0.15) is 0 Å². The highest BCUT2D eigenvalue weighted by atomic mass is 32.2. The Bertz CT molecular complexity index is 1140. The molecular weight excluding hydrogens is 400 g/mol. The molecule has 7 nitrogen and oxygen atoms in total. The highest BCUT2D eigenvalue weighted by Gasteiger charge is 2.64. The molecular formula is C22H20N4O3S. The van der Waals surface area contributed by atoms with E-state index in [2.05, 4.69) is 22.4 Å². The number of carbonyl (C=O) groups is 2. The first kappa shape index (κ1) is 18.9. The Morgan fingerprint density at radius 1 is 1.07 bits per heavy atom. The van der Waals surface area contributed by atoms with Gasteiger partial charge in [-0.3, -0.25) is 4.79 Å². The van der Waals surface area contributed by atoms with E-state index in [1.807, 2.05) is 56.3 Å². The molecule has 2 saturated heterocycles. The highest BCUT2D eigenvalue weighted by Crippen LogP contribution is 2.54. The minimum atomic E-state index is -0.973. The summed E-state index contributed by atoms with van der Waals surface area (Å²) in [5.74, 6) is -1.20. The maximum atomic E-state index is 12.8. The number of nitrogens with zero attached hydrogens (tertiary/aromatic N) is 4. The van der Waals surface area contributed by atoms with E-state index < -0.39 is 22.8 Å². The van der Waals surface area contributed by atoms with Crippen LogP contribution < -0.4 is 0 Å². The van der Waals surface area contributed by atoms with Gasteiger partial charge in [-0.15, -0.1) is 16.9 Å². The molecule has 3 heterocycles. The number of thioether (sulfide) groups is 1. The second kappa shape index (κ2) is 6.70. The zero-order valence-corrected chi connectivity index (χ0v) is 17.3. The summed E-state index contributed by atoms with van der Waals surface area (Å²) in [6, 6.07) is 16.7. The van der Waals surface area contributed by atoms with E-state index in [4.69, 9.17) is 0 Å². The molecule has 1 N–H and O–H groups in total. The Morgan fingerprint density at radius 3 is 2.50 bits per heavy atom. The number of benzene rings is 2. The lowest BCUT2D eigenvalue weighted by molar-refractivity contribution is -0.162. The van der Waals surface area contributed by atoms with Crippen LogP contribution in [-0.2, 0) is 9.59 Å². The predicted octanol–water partition coefficient (Wildman–Crippen LogP) is 3.30. The molecule has 0 aliphatic carbocycles. The van der Waals surface area contributed by atoms with Crippen LogP contribution in [0.5, 0.6) is 0 Å². The van der Waals surface area contributed by atoms with Crippen molar-refractivity contribution in [3.63, 3.8) is 0 Å². The monoisotopic (exact) mass is 420 g/mol. The molecule has 0 saturated carbocycles. The van der Waals surface area contributed by atoms with E-state index in [0.29, 0.717) is 5.69 Å². The fraction of sp³-hybridized carbons (Fsp3) is 0.273. The molecule has 152 valence electrons. The smallest absolute Gasteiger partial charge is 0.327 e. The van der Waals surface area contributed by atoms with E-state index in [9.17, 15) is 14.7 Å². The number of rotatable bonds is 4. The molecule has 2 aliphatic rings. The summed E-state index contributed by atoms with van der Waals surface area (Å²) in [6.07, 6.45) is 1.77. The Hall–Kier alpha value is -3.13. The number of amides is 1. The normalized spacial score (nSPS) is 24.4. The first-order valence-corrected chi connectivity index (χ1v) is 10.6. The van der Waals surface area contributed by atoms with E-state index in [0.717, 1.165) is 16.7 Å². The predicted molar refractivity (Wildman–Crippen MR) is 114 cm³/mol. The number of aromatic nitrogens is 3. The van der Waals surface area contributed by atoms with Crippen molar-refractivity contribution in [3.8, 4) is 22.4 Å². The largest absolute Gasteiger partial charge is 0.480 e. The molecule has 2 aromatic carbocycles. The molecule has 1 aromatic heterocycles. The number of carboxylic acids is 1. The molecule has 3 atom stereocenters. The Morgan fingerprint density at radius 2 is 1.77 bits per heavy atom. The lowest BCUT2D eigenvalue weighted by Gasteiger charge is -2.42. The minimum Gasteiger partial charge on any atom is -0.480 e. The molecule has 0 bridgehead atoms. The average molecular weight is 420 g/mol. The molecule has 0 spiro atoms. The van der Waals surface area contributed by atoms with Gasteiger partial charge in [0.15, 0.2) is 6.04 Å². The van der Waals surface area contributed by atoms with Crippen molar-refractivity contribution in [1.82, 2.24) is 19.9 Å². The van der Waals surface area contributed by atoms with Crippen LogP contribution in [0.15, 0.2) is 60.8 Å². The molecule has 8 heteroatoms. The van der Waals surface area contributed by atoms with Gasteiger partial charge >= 0.3 is 5.97 Å². The number of β-lactam (4-membered cyclic amide) rings is 1. The molecule has 2 fully saturated rings. The number of hydrogen-bond acceptors (Lipinski definition) is 5. The molecule has 0 radical (unpaired) electrons. The van der Waals surface area contributed by atoms with Crippen molar-refractivity contribution in [2.24, 2.45) is 0 Å². The molecule has 2 aliphatic heterocycles.